The van der Waals surface area contributed by atoms with Gasteiger partial charge in [-0.15, -0.1) is 0 Å². The first kappa shape index (κ1) is 18.1. The summed E-state index contributed by atoms with van der Waals surface area (Å²) in [4.78, 5) is 12.1. The van der Waals surface area contributed by atoms with Gasteiger partial charge < -0.3 is 10.1 Å². The third-order valence-corrected chi connectivity index (χ3v) is 4.18. The van der Waals surface area contributed by atoms with Crippen LogP contribution in [0, 0.1) is 20.8 Å². The van der Waals surface area contributed by atoms with Crippen molar-refractivity contribution in [1.82, 2.24) is 5.32 Å². The lowest BCUT2D eigenvalue weighted by Gasteiger charge is -2.15. The molecule has 1 atom stereocenters. The Bertz CT molecular complexity index is 694. The summed E-state index contributed by atoms with van der Waals surface area (Å²) < 4.78 is 5.73. The van der Waals surface area contributed by atoms with E-state index in [1.165, 1.54) is 22.3 Å². The third kappa shape index (κ3) is 5.41. The largest absolute Gasteiger partial charge is 0.481 e. The SMILES string of the molecule is Cc1cccc(CCCNC(=O)[C@H](C)Oc2ccc(C)c(C)c2)c1. The molecule has 3 heteroatoms. The standard InChI is InChI=1S/C21H27NO2/c1-15-7-5-8-19(13-15)9-6-12-22-21(23)18(4)24-20-11-10-16(2)17(3)14-20/h5,7-8,10-11,13-14,18H,6,9,12H2,1-4H3,(H,22,23)/t18-/m0/s1. The first-order valence-corrected chi connectivity index (χ1v) is 8.53. The molecule has 0 aliphatic rings. The summed E-state index contributed by atoms with van der Waals surface area (Å²) in [6.07, 6.45) is 1.39. The fourth-order valence-electron chi connectivity index (χ4n) is 2.56. The molecule has 3 nitrogen and oxygen atoms in total. The second-order valence-electron chi connectivity index (χ2n) is 6.39. The van der Waals surface area contributed by atoms with Crippen molar-refractivity contribution >= 4 is 5.91 Å². The monoisotopic (exact) mass is 325 g/mol. The van der Waals surface area contributed by atoms with Crippen molar-refractivity contribution in [2.45, 2.75) is 46.6 Å². The van der Waals surface area contributed by atoms with Crippen molar-refractivity contribution in [2.24, 2.45) is 0 Å². The minimum atomic E-state index is -0.494. The van der Waals surface area contributed by atoms with Crippen LogP contribution in [0.5, 0.6) is 5.75 Å². The van der Waals surface area contributed by atoms with Gasteiger partial charge in [-0.2, -0.15) is 0 Å². The van der Waals surface area contributed by atoms with E-state index in [9.17, 15) is 4.79 Å². The maximum absolute atomic E-state index is 12.1. The predicted octanol–water partition coefficient (Wildman–Crippen LogP) is 4.13. The van der Waals surface area contributed by atoms with Crippen molar-refractivity contribution in [2.75, 3.05) is 6.54 Å². The summed E-state index contributed by atoms with van der Waals surface area (Å²) >= 11 is 0. The van der Waals surface area contributed by atoms with Crippen LogP contribution in [-0.4, -0.2) is 18.6 Å². The quantitative estimate of drug-likeness (QED) is 0.777. The Morgan fingerprint density at radius 2 is 1.88 bits per heavy atom. The molecule has 24 heavy (non-hydrogen) atoms. The summed E-state index contributed by atoms with van der Waals surface area (Å²) in [5, 5.41) is 2.95. The molecule has 1 amide bonds. The van der Waals surface area contributed by atoms with Gasteiger partial charge >= 0.3 is 0 Å². The van der Waals surface area contributed by atoms with Crippen LogP contribution in [0.3, 0.4) is 0 Å². The molecule has 0 radical (unpaired) electrons. The molecular weight excluding hydrogens is 298 g/mol. The Hall–Kier alpha value is -2.29. The van der Waals surface area contributed by atoms with Gasteiger partial charge in [0, 0.05) is 6.54 Å². The number of carbonyl (C=O) groups excluding carboxylic acids is 1. The van der Waals surface area contributed by atoms with Crippen molar-refractivity contribution < 1.29 is 9.53 Å². The zero-order chi connectivity index (χ0) is 17.5. The van der Waals surface area contributed by atoms with Gasteiger partial charge in [-0.05, 0) is 69.4 Å². The van der Waals surface area contributed by atoms with Crippen molar-refractivity contribution in [3.05, 3.63) is 64.7 Å². The molecule has 0 heterocycles. The summed E-state index contributed by atoms with van der Waals surface area (Å²) in [7, 11) is 0. The molecule has 1 N–H and O–H groups in total. The van der Waals surface area contributed by atoms with Crippen molar-refractivity contribution in [1.29, 1.82) is 0 Å². The highest BCUT2D eigenvalue weighted by Crippen LogP contribution is 2.17. The highest BCUT2D eigenvalue weighted by Gasteiger charge is 2.14. The molecule has 2 aromatic rings. The Labute approximate surface area is 145 Å². The molecule has 128 valence electrons. The number of nitrogens with one attached hydrogen (secondary N) is 1. The van der Waals surface area contributed by atoms with Crippen LogP contribution < -0.4 is 10.1 Å². The number of benzene rings is 2. The molecule has 2 rings (SSSR count). The molecule has 0 saturated heterocycles. The van der Waals surface area contributed by atoms with Crippen LogP contribution in [0.4, 0.5) is 0 Å². The van der Waals surface area contributed by atoms with Gasteiger partial charge in [-0.25, -0.2) is 0 Å². The lowest BCUT2D eigenvalue weighted by molar-refractivity contribution is -0.127. The normalized spacial score (nSPS) is 11.8. The van der Waals surface area contributed by atoms with Crippen LogP contribution in [0.15, 0.2) is 42.5 Å². The average Bonchev–Trinajstić information content (AvgIpc) is 2.55. The maximum atomic E-state index is 12.1. The second kappa shape index (κ2) is 8.53. The number of rotatable bonds is 7. The van der Waals surface area contributed by atoms with Gasteiger partial charge in [0.15, 0.2) is 6.10 Å². The van der Waals surface area contributed by atoms with Crippen LogP contribution in [0.25, 0.3) is 0 Å². The molecule has 0 spiro atoms. The summed E-state index contributed by atoms with van der Waals surface area (Å²) in [6, 6.07) is 14.4. The summed E-state index contributed by atoms with van der Waals surface area (Å²) in [5.41, 5.74) is 4.96. The predicted molar refractivity (Wildman–Crippen MR) is 98.5 cm³/mol. The molecule has 2 aromatic carbocycles. The number of ether oxygens (including phenoxy) is 1. The van der Waals surface area contributed by atoms with Gasteiger partial charge in [0.05, 0.1) is 0 Å². The van der Waals surface area contributed by atoms with Gasteiger partial charge in [0.25, 0.3) is 5.91 Å². The minimum absolute atomic E-state index is 0.0718. The Morgan fingerprint density at radius 3 is 2.58 bits per heavy atom. The van der Waals surface area contributed by atoms with E-state index in [4.69, 9.17) is 4.74 Å². The van der Waals surface area contributed by atoms with E-state index in [1.54, 1.807) is 6.92 Å². The highest BCUT2D eigenvalue weighted by atomic mass is 16.5. The number of hydrogen-bond acceptors (Lipinski definition) is 2. The smallest absolute Gasteiger partial charge is 0.260 e. The van der Waals surface area contributed by atoms with Gasteiger partial charge in [-0.3, -0.25) is 4.79 Å². The Morgan fingerprint density at radius 1 is 1.08 bits per heavy atom. The van der Waals surface area contributed by atoms with E-state index in [-0.39, 0.29) is 5.91 Å². The number of amides is 1. The topological polar surface area (TPSA) is 38.3 Å². The first-order chi connectivity index (χ1) is 11.5. The van der Waals surface area contributed by atoms with Crippen LogP contribution in [0.2, 0.25) is 0 Å². The van der Waals surface area contributed by atoms with Crippen LogP contribution >= 0.6 is 0 Å². The Balaban J connectivity index is 1.74. The van der Waals surface area contributed by atoms with E-state index in [0.29, 0.717) is 6.54 Å². The molecule has 0 bridgehead atoms. The molecular formula is C21H27NO2. The summed E-state index contributed by atoms with van der Waals surface area (Å²) in [6.45, 7) is 8.64. The molecule has 0 fully saturated rings. The minimum Gasteiger partial charge on any atom is -0.481 e. The van der Waals surface area contributed by atoms with Gasteiger partial charge in [0.1, 0.15) is 5.75 Å². The number of carbonyl (C=O) groups is 1. The Kier molecular flexibility index (Phi) is 6.42. The zero-order valence-electron chi connectivity index (χ0n) is 15.1. The fraction of sp³-hybridized carbons (Fsp3) is 0.381. The lowest BCUT2D eigenvalue weighted by atomic mass is 10.1. The van der Waals surface area contributed by atoms with Crippen LogP contribution in [-0.2, 0) is 11.2 Å². The zero-order valence-corrected chi connectivity index (χ0v) is 15.1. The van der Waals surface area contributed by atoms with Gasteiger partial charge in [0.2, 0.25) is 0 Å². The first-order valence-electron chi connectivity index (χ1n) is 8.53. The maximum Gasteiger partial charge on any atom is 0.260 e. The average molecular weight is 325 g/mol. The number of aryl methyl sites for hydroxylation is 4. The van der Waals surface area contributed by atoms with Gasteiger partial charge in [-0.1, -0.05) is 35.9 Å². The van der Waals surface area contributed by atoms with E-state index < -0.39 is 6.10 Å². The van der Waals surface area contributed by atoms with Crippen LogP contribution in [0.1, 0.15) is 35.6 Å². The molecule has 0 aliphatic heterocycles. The summed E-state index contributed by atoms with van der Waals surface area (Å²) in [5.74, 6) is 0.665. The lowest BCUT2D eigenvalue weighted by Crippen LogP contribution is -2.36. The number of hydrogen-bond donors (Lipinski definition) is 1. The highest BCUT2D eigenvalue weighted by molar-refractivity contribution is 5.80. The third-order valence-electron chi connectivity index (χ3n) is 4.18. The molecule has 0 aromatic heterocycles. The van der Waals surface area contributed by atoms with E-state index in [2.05, 4.69) is 43.4 Å². The van der Waals surface area contributed by atoms with E-state index in [0.717, 1.165) is 18.6 Å². The fourth-order valence-corrected chi connectivity index (χ4v) is 2.56. The van der Waals surface area contributed by atoms with Crippen molar-refractivity contribution in [3.8, 4) is 5.75 Å². The molecule has 0 aliphatic carbocycles. The van der Waals surface area contributed by atoms with E-state index in [1.807, 2.05) is 25.1 Å². The molecule has 0 saturated carbocycles. The molecule has 0 unspecified atom stereocenters. The van der Waals surface area contributed by atoms with E-state index >= 15 is 0 Å². The second-order valence-corrected chi connectivity index (χ2v) is 6.39. The van der Waals surface area contributed by atoms with Crippen molar-refractivity contribution in [3.63, 3.8) is 0 Å².